The second-order valence-electron chi connectivity index (χ2n) is 7.21. The first-order valence-corrected chi connectivity index (χ1v) is 10.0. The molecule has 4 aromatic rings. The fourth-order valence-corrected chi connectivity index (χ4v) is 3.56. The molecule has 1 aliphatic rings. The summed E-state index contributed by atoms with van der Waals surface area (Å²) < 4.78 is 2.03. The molecule has 6 nitrogen and oxygen atoms in total. The molecule has 0 radical (unpaired) electrons. The number of rotatable bonds is 3. The van der Waals surface area contributed by atoms with Gasteiger partial charge >= 0.3 is 0 Å². The van der Waals surface area contributed by atoms with Gasteiger partial charge < -0.3 is 0 Å². The van der Waals surface area contributed by atoms with E-state index in [0.29, 0.717) is 11.1 Å². The Morgan fingerprint density at radius 3 is 2.41 bits per heavy atom. The second kappa shape index (κ2) is 8.17. The van der Waals surface area contributed by atoms with Gasteiger partial charge in [-0.25, -0.2) is 4.98 Å². The standard InChI is InChI=1S/C26H17N5O/c27-16-19-2-4-21(5-3-19)24-17-29-25-11-10-23(18-31(24)25)20-6-8-22(9-7-20)26(32)30-14-1-12-28-13-15-30/h1-15,17-18H. The monoisotopic (exact) mass is 415 g/mol. The third-order valence-corrected chi connectivity index (χ3v) is 5.25. The van der Waals surface area contributed by atoms with Crippen molar-refractivity contribution in [1.82, 2.24) is 14.3 Å². The Kier molecular flexibility index (Phi) is 4.91. The van der Waals surface area contributed by atoms with Gasteiger partial charge in [0.15, 0.2) is 0 Å². The summed E-state index contributed by atoms with van der Waals surface area (Å²) in [4.78, 5) is 22.7. The maximum Gasteiger partial charge on any atom is 0.261 e. The minimum Gasteiger partial charge on any atom is -0.299 e. The van der Waals surface area contributed by atoms with Crippen LogP contribution in [0.2, 0.25) is 0 Å². The van der Waals surface area contributed by atoms with Gasteiger partial charge in [0.25, 0.3) is 5.91 Å². The fourth-order valence-electron chi connectivity index (χ4n) is 3.56. The molecule has 1 amide bonds. The van der Waals surface area contributed by atoms with Gasteiger partial charge in [-0.05, 0) is 53.6 Å². The number of nitrogens with zero attached hydrogens (tertiary/aromatic N) is 5. The lowest BCUT2D eigenvalue weighted by molar-refractivity contribution is 0.0869. The minimum atomic E-state index is -0.122. The summed E-state index contributed by atoms with van der Waals surface area (Å²) in [5.74, 6) is -0.122. The van der Waals surface area contributed by atoms with Crippen LogP contribution in [0.1, 0.15) is 15.9 Å². The van der Waals surface area contributed by atoms with Gasteiger partial charge in [-0.1, -0.05) is 24.3 Å². The molecule has 3 heterocycles. The van der Waals surface area contributed by atoms with Gasteiger partial charge in [-0.3, -0.25) is 19.1 Å². The molecule has 0 unspecified atom stereocenters. The number of allylic oxidation sites excluding steroid dienone is 1. The first-order valence-electron chi connectivity index (χ1n) is 10.0. The minimum absolute atomic E-state index is 0.122. The van der Waals surface area contributed by atoms with Crippen molar-refractivity contribution < 1.29 is 4.79 Å². The van der Waals surface area contributed by atoms with Gasteiger partial charge in [0.1, 0.15) is 5.65 Å². The maximum absolute atomic E-state index is 12.7. The topological polar surface area (TPSA) is 73.8 Å². The van der Waals surface area contributed by atoms with E-state index in [2.05, 4.69) is 16.0 Å². The number of nitriles is 1. The predicted octanol–water partition coefficient (Wildman–Crippen LogP) is 5.05. The Labute approximate surface area is 184 Å². The van der Waals surface area contributed by atoms with Crippen molar-refractivity contribution in [2.75, 3.05) is 0 Å². The fraction of sp³-hybridized carbons (Fsp3) is 0. The summed E-state index contributed by atoms with van der Waals surface area (Å²) in [6.45, 7) is 0. The predicted molar refractivity (Wildman–Crippen MR) is 124 cm³/mol. The van der Waals surface area contributed by atoms with Gasteiger partial charge in [0.05, 0.1) is 23.5 Å². The van der Waals surface area contributed by atoms with Crippen LogP contribution in [-0.2, 0) is 0 Å². The van der Waals surface area contributed by atoms with Crippen molar-refractivity contribution in [3.63, 3.8) is 0 Å². The number of hydrogen-bond donors (Lipinski definition) is 0. The molecule has 0 saturated heterocycles. The number of hydrogen-bond acceptors (Lipinski definition) is 4. The van der Waals surface area contributed by atoms with E-state index >= 15 is 0 Å². The molecule has 152 valence electrons. The van der Waals surface area contributed by atoms with E-state index in [4.69, 9.17) is 5.26 Å². The number of fused-ring (bicyclic) bond motifs is 1. The lowest BCUT2D eigenvalue weighted by Crippen LogP contribution is -2.19. The Balaban J connectivity index is 1.45. The summed E-state index contributed by atoms with van der Waals surface area (Å²) in [7, 11) is 0. The largest absolute Gasteiger partial charge is 0.299 e. The van der Waals surface area contributed by atoms with Crippen LogP contribution in [0.4, 0.5) is 0 Å². The van der Waals surface area contributed by atoms with E-state index in [0.717, 1.165) is 28.0 Å². The molecule has 0 bridgehead atoms. The number of aromatic nitrogens is 2. The average Bonchev–Trinajstić information content (AvgIpc) is 3.08. The van der Waals surface area contributed by atoms with Gasteiger partial charge in [0.2, 0.25) is 0 Å². The van der Waals surface area contributed by atoms with Crippen molar-refractivity contribution in [1.29, 1.82) is 5.26 Å². The van der Waals surface area contributed by atoms with Gasteiger partial charge in [0, 0.05) is 42.1 Å². The molecular weight excluding hydrogens is 398 g/mol. The second-order valence-corrected chi connectivity index (χ2v) is 7.21. The van der Waals surface area contributed by atoms with Crippen molar-refractivity contribution >= 4 is 17.8 Å². The molecule has 2 aromatic carbocycles. The van der Waals surface area contributed by atoms with Crippen LogP contribution < -0.4 is 0 Å². The molecule has 0 aliphatic carbocycles. The van der Waals surface area contributed by atoms with Crippen LogP contribution >= 0.6 is 0 Å². The van der Waals surface area contributed by atoms with Crippen molar-refractivity contribution in [2.24, 2.45) is 4.99 Å². The number of aliphatic imine (C=N–C) groups is 1. The quantitative estimate of drug-likeness (QED) is 0.470. The highest BCUT2D eigenvalue weighted by atomic mass is 16.2. The lowest BCUT2D eigenvalue weighted by Gasteiger charge is -2.13. The number of imidazole rings is 1. The Morgan fingerprint density at radius 1 is 0.875 bits per heavy atom. The average molecular weight is 415 g/mol. The number of benzene rings is 2. The van der Waals surface area contributed by atoms with Crippen molar-refractivity contribution in [3.8, 4) is 28.5 Å². The molecule has 1 aliphatic heterocycles. The zero-order valence-electron chi connectivity index (χ0n) is 17.0. The highest BCUT2D eigenvalue weighted by Gasteiger charge is 2.13. The molecule has 6 heteroatoms. The summed E-state index contributed by atoms with van der Waals surface area (Å²) in [6.07, 6.45) is 12.1. The van der Waals surface area contributed by atoms with E-state index in [9.17, 15) is 4.79 Å². The van der Waals surface area contributed by atoms with Gasteiger partial charge in [-0.2, -0.15) is 5.26 Å². The number of amides is 1. The van der Waals surface area contributed by atoms with E-state index < -0.39 is 0 Å². The summed E-state index contributed by atoms with van der Waals surface area (Å²) >= 11 is 0. The number of carbonyl (C=O) groups excluding carboxylic acids is 1. The van der Waals surface area contributed by atoms with Gasteiger partial charge in [-0.15, -0.1) is 0 Å². The lowest BCUT2D eigenvalue weighted by atomic mass is 10.0. The summed E-state index contributed by atoms with van der Waals surface area (Å²) in [5, 5.41) is 9.03. The van der Waals surface area contributed by atoms with Crippen LogP contribution in [0.3, 0.4) is 0 Å². The maximum atomic E-state index is 12.7. The number of carbonyl (C=O) groups is 1. The van der Waals surface area contributed by atoms with E-state index in [1.807, 2.05) is 65.3 Å². The van der Waals surface area contributed by atoms with E-state index in [-0.39, 0.29) is 5.91 Å². The van der Waals surface area contributed by atoms with Crippen LogP contribution in [0, 0.1) is 11.3 Å². The SMILES string of the molecule is N#Cc1ccc(-c2cnc3ccc(-c4ccc(C(=O)N5C=CC=NC=C5)cc4)cn23)cc1. The van der Waals surface area contributed by atoms with Crippen molar-refractivity contribution in [2.45, 2.75) is 0 Å². The third kappa shape index (κ3) is 3.59. The Hall–Kier alpha value is -4.76. The molecular formula is C26H17N5O. The molecule has 0 atom stereocenters. The highest BCUT2D eigenvalue weighted by molar-refractivity contribution is 5.96. The summed E-state index contributed by atoms with van der Waals surface area (Å²) in [5.41, 5.74) is 5.98. The molecule has 0 N–H and O–H groups in total. The molecule has 0 fully saturated rings. The Bertz CT molecular complexity index is 1420. The van der Waals surface area contributed by atoms with E-state index in [1.165, 1.54) is 4.90 Å². The zero-order valence-corrected chi connectivity index (χ0v) is 17.0. The molecule has 0 spiro atoms. The van der Waals surface area contributed by atoms with Crippen LogP contribution in [-0.4, -0.2) is 26.4 Å². The zero-order chi connectivity index (χ0) is 21.9. The van der Waals surface area contributed by atoms with E-state index in [1.54, 1.807) is 43.0 Å². The number of pyridine rings is 1. The molecule has 32 heavy (non-hydrogen) atoms. The molecule has 2 aromatic heterocycles. The normalized spacial score (nSPS) is 12.7. The highest BCUT2D eigenvalue weighted by Crippen LogP contribution is 2.26. The molecule has 0 saturated carbocycles. The third-order valence-electron chi connectivity index (χ3n) is 5.25. The van der Waals surface area contributed by atoms with Crippen LogP contribution in [0.15, 0.2) is 103 Å². The first-order chi connectivity index (χ1) is 15.7. The first kappa shape index (κ1) is 19.2. The summed E-state index contributed by atoms with van der Waals surface area (Å²) in [6, 6.07) is 21.1. The smallest absolute Gasteiger partial charge is 0.261 e. The Morgan fingerprint density at radius 2 is 1.62 bits per heavy atom. The van der Waals surface area contributed by atoms with Crippen LogP contribution in [0.5, 0.6) is 0 Å². The van der Waals surface area contributed by atoms with Crippen LogP contribution in [0.25, 0.3) is 28.0 Å². The van der Waals surface area contributed by atoms with Crippen molar-refractivity contribution in [3.05, 3.63) is 109 Å². The molecule has 5 rings (SSSR count).